The van der Waals surface area contributed by atoms with Gasteiger partial charge in [0.25, 0.3) is 0 Å². The maximum Gasteiger partial charge on any atom is 0.494 e. The van der Waals surface area contributed by atoms with Crippen molar-refractivity contribution in [3.8, 4) is 28.0 Å². The monoisotopic (exact) mass is 504 g/mol. The normalized spacial score (nSPS) is 10.7. The molecule has 0 spiro atoms. The molecule has 7 rings (SSSR count). The van der Waals surface area contributed by atoms with E-state index in [1.165, 1.54) is 38.9 Å². The summed E-state index contributed by atoms with van der Waals surface area (Å²) in [5.74, 6) is 0.839. The van der Waals surface area contributed by atoms with E-state index in [4.69, 9.17) is 3.79 Å². The Bertz CT molecular complexity index is 1750. The van der Waals surface area contributed by atoms with Gasteiger partial charge < -0.3 is 3.79 Å². The van der Waals surface area contributed by atoms with Crippen molar-refractivity contribution in [3.05, 3.63) is 134 Å². The predicted octanol–water partition coefficient (Wildman–Crippen LogP) is 7.55. The Kier molecular flexibility index (Phi) is 6.78. The van der Waals surface area contributed by atoms with Crippen LogP contribution in [0, 0.1) is 0 Å². The first kappa shape index (κ1) is 23.8. The summed E-state index contributed by atoms with van der Waals surface area (Å²) in [5.41, 5.74) is 7.57. The molecule has 0 amide bonds. The highest BCUT2D eigenvalue weighted by molar-refractivity contribution is 6.11. The van der Waals surface area contributed by atoms with E-state index in [-0.39, 0.29) is 0 Å². The molecular weight excluding hydrogens is 481 g/mol. The quantitative estimate of drug-likeness (QED) is 0.184. The number of hydrogen-bond donors (Lipinski definition) is 0. The lowest BCUT2D eigenvalue weighted by molar-refractivity contribution is 0.622. The molecule has 0 atom stereocenters. The fourth-order valence-corrected chi connectivity index (χ4v) is 4.99. The number of rotatable bonds is 3. The smallest absolute Gasteiger partial charge is 0.494 e. The molecule has 179 valence electrons. The highest BCUT2D eigenvalue weighted by Gasteiger charge is 2.11. The van der Waals surface area contributed by atoms with E-state index in [1.807, 2.05) is 54.9 Å². The third-order valence-corrected chi connectivity index (χ3v) is 6.85. The van der Waals surface area contributed by atoms with Crippen molar-refractivity contribution in [1.29, 1.82) is 0 Å². The van der Waals surface area contributed by atoms with Gasteiger partial charge in [0.1, 0.15) is 11.3 Å². The van der Waals surface area contributed by atoms with Crippen LogP contribution in [-0.2, 0) is 0 Å². The standard InChI is InChI=1S/C24H16N2.C9H7NO.Al.H/c1-3-7-17(8-4-1)19-13-15-25-23-21(19)11-12-22-20(14-16-26-24(22)23)18-9-5-2-6-10-18;11-8-5-1-3-7-4-2-6-10-9(7)8;;/h1-16H;1-6,11H;;/q;;+1;/p-1. The molecule has 1 radical (unpaired) electrons. The number of pyridine rings is 3. The first-order chi connectivity index (χ1) is 18.8. The van der Waals surface area contributed by atoms with Crippen molar-refractivity contribution in [2.75, 3.05) is 0 Å². The molecule has 4 nitrogen and oxygen atoms in total. The molecule has 0 fully saturated rings. The molecule has 3 aromatic heterocycles. The van der Waals surface area contributed by atoms with Crippen LogP contribution in [0.15, 0.2) is 134 Å². The maximum atomic E-state index is 5.19. The van der Waals surface area contributed by atoms with Gasteiger partial charge in [-0.3, -0.25) is 15.0 Å². The zero-order chi connectivity index (χ0) is 25.7. The van der Waals surface area contributed by atoms with E-state index >= 15 is 0 Å². The predicted molar refractivity (Wildman–Crippen MR) is 157 cm³/mol. The molecule has 3 heterocycles. The third kappa shape index (κ3) is 4.62. The molecule has 0 aliphatic rings. The summed E-state index contributed by atoms with van der Waals surface area (Å²) in [4.78, 5) is 13.6. The van der Waals surface area contributed by atoms with Gasteiger partial charge in [-0.2, -0.15) is 0 Å². The average Bonchev–Trinajstić information content (AvgIpc) is 3.01. The minimum absolute atomic E-state index is 0.839. The van der Waals surface area contributed by atoms with Crippen molar-refractivity contribution in [3.63, 3.8) is 0 Å². The fraction of sp³-hybridized carbons (Fsp3) is 0. The van der Waals surface area contributed by atoms with E-state index in [9.17, 15) is 0 Å². The first-order valence-corrected chi connectivity index (χ1v) is 12.9. The van der Waals surface area contributed by atoms with Crippen LogP contribution < -0.4 is 3.79 Å². The molecule has 0 saturated carbocycles. The maximum absolute atomic E-state index is 5.19. The summed E-state index contributed by atoms with van der Waals surface area (Å²) in [6.45, 7) is 0. The molecule has 0 N–H and O–H groups in total. The van der Waals surface area contributed by atoms with Crippen LogP contribution in [0.25, 0.3) is 55.0 Å². The molecule has 0 saturated heterocycles. The lowest BCUT2D eigenvalue weighted by Gasteiger charge is -2.11. The Labute approximate surface area is 229 Å². The molecule has 4 aromatic carbocycles. The molecule has 0 bridgehead atoms. The van der Waals surface area contributed by atoms with Crippen LogP contribution in [0.2, 0.25) is 0 Å². The van der Waals surface area contributed by atoms with Crippen LogP contribution >= 0.6 is 0 Å². The molecule has 0 aliphatic heterocycles. The Morgan fingerprint density at radius 2 is 0.974 bits per heavy atom. The Balaban J connectivity index is 0.000000184. The van der Waals surface area contributed by atoms with Gasteiger partial charge in [0, 0.05) is 34.7 Å². The van der Waals surface area contributed by atoms with Crippen molar-refractivity contribution < 1.29 is 3.79 Å². The number of aromatic nitrogens is 3. The summed E-state index contributed by atoms with van der Waals surface area (Å²) in [7, 11) is 0. The number of hydrogen-bond acceptors (Lipinski definition) is 4. The topological polar surface area (TPSA) is 47.9 Å². The van der Waals surface area contributed by atoms with Crippen LogP contribution in [0.5, 0.6) is 5.75 Å². The Hall–Kier alpha value is -4.56. The number of nitrogens with zero attached hydrogens (tertiary/aromatic N) is 3. The minimum atomic E-state index is 0.839. The van der Waals surface area contributed by atoms with Gasteiger partial charge in [0.05, 0.1) is 11.0 Å². The SMILES string of the molecule is [AlH][O]c1cccc2cccnc12.c1ccc(-c2ccnc3c2ccc2c(-c4ccccc4)ccnc23)cc1. The largest absolute Gasteiger partial charge is 0.649 e. The molecule has 7 aromatic rings. The highest BCUT2D eigenvalue weighted by Crippen LogP contribution is 2.34. The van der Waals surface area contributed by atoms with Crippen molar-refractivity contribution in [1.82, 2.24) is 15.0 Å². The highest BCUT2D eigenvalue weighted by atomic mass is 27.1. The lowest BCUT2D eigenvalue weighted by Crippen LogP contribution is -1.90. The van der Waals surface area contributed by atoms with E-state index in [2.05, 4.69) is 87.7 Å². The third-order valence-electron chi connectivity index (χ3n) is 6.54. The lowest BCUT2D eigenvalue weighted by atomic mass is 9.97. The second kappa shape index (κ2) is 10.8. The van der Waals surface area contributed by atoms with E-state index in [1.54, 1.807) is 6.20 Å². The molecule has 0 unspecified atom stereocenters. The Morgan fingerprint density at radius 3 is 1.53 bits per heavy atom. The zero-order valence-corrected chi connectivity index (χ0v) is 22.1. The van der Waals surface area contributed by atoms with Gasteiger partial charge in [-0.25, -0.2) is 0 Å². The van der Waals surface area contributed by atoms with Gasteiger partial charge in [-0.1, -0.05) is 91.0 Å². The van der Waals surface area contributed by atoms with Gasteiger partial charge in [-0.15, -0.1) is 0 Å². The van der Waals surface area contributed by atoms with Gasteiger partial charge in [0.2, 0.25) is 0 Å². The van der Waals surface area contributed by atoms with Crippen molar-refractivity contribution in [2.45, 2.75) is 0 Å². The van der Waals surface area contributed by atoms with Crippen LogP contribution in [-0.4, -0.2) is 31.6 Å². The van der Waals surface area contributed by atoms with Crippen LogP contribution in [0.1, 0.15) is 0 Å². The summed E-state index contributed by atoms with van der Waals surface area (Å²) in [6.07, 6.45) is 5.52. The van der Waals surface area contributed by atoms with Crippen molar-refractivity contribution >= 4 is 49.3 Å². The van der Waals surface area contributed by atoms with Crippen LogP contribution in [0.3, 0.4) is 0 Å². The number of para-hydroxylation sites is 1. The second-order valence-electron chi connectivity index (χ2n) is 8.78. The summed E-state index contributed by atoms with van der Waals surface area (Å²) >= 11 is 1.47. The van der Waals surface area contributed by atoms with Crippen LogP contribution in [0.4, 0.5) is 0 Å². The van der Waals surface area contributed by atoms with E-state index < -0.39 is 0 Å². The second-order valence-corrected chi connectivity index (χ2v) is 9.07. The fourth-order valence-electron chi connectivity index (χ4n) is 4.76. The Morgan fingerprint density at radius 1 is 0.447 bits per heavy atom. The number of fused-ring (bicyclic) bond motifs is 4. The number of benzene rings is 4. The molecule has 0 aliphatic carbocycles. The minimum Gasteiger partial charge on any atom is -0.649 e. The summed E-state index contributed by atoms with van der Waals surface area (Å²) in [6, 6.07) is 39.2. The summed E-state index contributed by atoms with van der Waals surface area (Å²) < 4.78 is 5.19. The molecular formula is C33H23AlN3O. The van der Waals surface area contributed by atoms with Gasteiger partial charge >= 0.3 is 16.6 Å². The van der Waals surface area contributed by atoms with E-state index in [0.717, 1.165) is 38.5 Å². The molecule has 38 heavy (non-hydrogen) atoms. The van der Waals surface area contributed by atoms with Gasteiger partial charge in [0.15, 0.2) is 0 Å². The van der Waals surface area contributed by atoms with Crippen molar-refractivity contribution in [2.24, 2.45) is 0 Å². The van der Waals surface area contributed by atoms with E-state index in [0.29, 0.717) is 0 Å². The molecule has 5 heteroatoms. The summed E-state index contributed by atoms with van der Waals surface area (Å²) in [5, 5.41) is 3.37. The zero-order valence-electron chi connectivity index (χ0n) is 20.7. The van der Waals surface area contributed by atoms with Gasteiger partial charge in [-0.05, 0) is 46.5 Å². The average molecular weight is 505 g/mol. The first-order valence-electron chi connectivity index (χ1n) is 12.4.